The number of rotatable bonds is 18. The van der Waals surface area contributed by atoms with Gasteiger partial charge in [0.05, 0.1) is 13.3 Å². The van der Waals surface area contributed by atoms with Crippen molar-refractivity contribution in [3.63, 3.8) is 0 Å². The number of nitrogens with one attached hydrogen (secondary N) is 3. The average molecular weight is 425 g/mol. The lowest BCUT2D eigenvalue weighted by Gasteiger charge is -2.18. The number of ether oxygens (including phenoxy) is 1. The van der Waals surface area contributed by atoms with Crippen molar-refractivity contribution in [2.75, 3.05) is 19.9 Å². The Labute approximate surface area is 175 Å². The normalized spacial score (nSPS) is 12.9. The first-order valence-electron chi connectivity index (χ1n) is 9.86. The van der Waals surface area contributed by atoms with E-state index in [1.807, 2.05) is 30.3 Å². The van der Waals surface area contributed by atoms with E-state index in [0.717, 1.165) is 12.0 Å². The summed E-state index contributed by atoms with van der Waals surface area (Å²) in [5, 5.41) is 35.5. The summed E-state index contributed by atoms with van der Waals surface area (Å²) in [5.41, 5.74) is 1.09. The van der Waals surface area contributed by atoms with Gasteiger partial charge in [-0.1, -0.05) is 36.8 Å². The second-order valence-electron chi connectivity index (χ2n) is 6.77. The van der Waals surface area contributed by atoms with E-state index in [1.54, 1.807) is 0 Å². The number of hydrogen-bond acceptors (Lipinski definition) is 7. The second-order valence-corrected chi connectivity index (χ2v) is 6.77. The molecule has 1 rings (SSSR count). The van der Waals surface area contributed by atoms with Crippen LogP contribution in [-0.2, 0) is 25.7 Å². The van der Waals surface area contributed by atoms with Gasteiger partial charge in [-0.2, -0.15) is 0 Å². The van der Waals surface area contributed by atoms with Crippen LogP contribution < -0.4 is 16.0 Å². The van der Waals surface area contributed by atoms with Crippen molar-refractivity contribution in [3.8, 4) is 0 Å². The SMILES string of the molecule is O=C(O)CCC(NCNC(CCCCNCOCc1ccccc1)C(=O)O)C(=O)O. The number of carbonyl (C=O) groups is 3. The Morgan fingerprint density at radius 2 is 1.53 bits per heavy atom. The van der Waals surface area contributed by atoms with E-state index < -0.39 is 30.0 Å². The average Bonchev–Trinajstić information content (AvgIpc) is 2.70. The highest BCUT2D eigenvalue weighted by atomic mass is 16.5. The zero-order chi connectivity index (χ0) is 22.2. The maximum atomic E-state index is 11.3. The predicted molar refractivity (Wildman–Crippen MR) is 109 cm³/mol. The fourth-order valence-electron chi connectivity index (χ4n) is 2.68. The molecule has 0 radical (unpaired) electrons. The monoisotopic (exact) mass is 425 g/mol. The Morgan fingerprint density at radius 1 is 0.900 bits per heavy atom. The van der Waals surface area contributed by atoms with E-state index in [4.69, 9.17) is 14.9 Å². The van der Waals surface area contributed by atoms with Gasteiger partial charge in [-0.15, -0.1) is 0 Å². The smallest absolute Gasteiger partial charge is 0.320 e. The first-order chi connectivity index (χ1) is 14.4. The van der Waals surface area contributed by atoms with Gasteiger partial charge in [0.2, 0.25) is 0 Å². The molecular formula is C20H31N3O7. The van der Waals surface area contributed by atoms with E-state index >= 15 is 0 Å². The molecule has 1 aromatic rings. The molecule has 168 valence electrons. The van der Waals surface area contributed by atoms with Gasteiger partial charge in [-0.3, -0.25) is 30.3 Å². The van der Waals surface area contributed by atoms with Crippen LogP contribution in [0.2, 0.25) is 0 Å². The Hall–Kier alpha value is -2.53. The molecular weight excluding hydrogens is 394 g/mol. The van der Waals surface area contributed by atoms with Gasteiger partial charge < -0.3 is 20.1 Å². The molecule has 1 aromatic carbocycles. The Morgan fingerprint density at radius 3 is 2.13 bits per heavy atom. The third-order valence-electron chi connectivity index (χ3n) is 4.35. The Kier molecular flexibility index (Phi) is 13.0. The van der Waals surface area contributed by atoms with E-state index in [0.29, 0.717) is 32.7 Å². The standard InChI is InChI=1S/C20H31N3O7/c24-18(25)10-9-17(20(28)29)23-13-22-16(19(26)27)8-4-5-11-21-14-30-12-15-6-2-1-3-7-15/h1-3,6-7,16-17,21-23H,4-5,8-14H2,(H,24,25)(H,26,27)(H,28,29). The number of carboxylic acids is 3. The lowest BCUT2D eigenvalue weighted by atomic mass is 10.1. The van der Waals surface area contributed by atoms with Crippen molar-refractivity contribution in [2.24, 2.45) is 0 Å². The first kappa shape index (κ1) is 25.5. The van der Waals surface area contributed by atoms with Crippen molar-refractivity contribution < 1.29 is 34.4 Å². The van der Waals surface area contributed by atoms with Crippen molar-refractivity contribution in [2.45, 2.75) is 50.8 Å². The molecule has 6 N–H and O–H groups in total. The van der Waals surface area contributed by atoms with Crippen LogP contribution in [0.25, 0.3) is 0 Å². The fourth-order valence-corrected chi connectivity index (χ4v) is 2.68. The minimum absolute atomic E-state index is 0.0425. The van der Waals surface area contributed by atoms with Crippen LogP contribution in [0.5, 0.6) is 0 Å². The van der Waals surface area contributed by atoms with Gasteiger partial charge in [-0.05, 0) is 31.4 Å². The molecule has 0 fully saturated rings. The molecule has 0 aliphatic carbocycles. The maximum Gasteiger partial charge on any atom is 0.320 e. The van der Waals surface area contributed by atoms with Crippen molar-refractivity contribution in [3.05, 3.63) is 35.9 Å². The molecule has 0 aliphatic rings. The van der Waals surface area contributed by atoms with Gasteiger partial charge in [0.25, 0.3) is 0 Å². The second kappa shape index (κ2) is 15.3. The van der Waals surface area contributed by atoms with Crippen LogP contribution in [-0.4, -0.2) is 65.3 Å². The minimum atomic E-state index is -1.18. The van der Waals surface area contributed by atoms with E-state index in [2.05, 4.69) is 16.0 Å². The number of carboxylic acid groups (broad SMARTS) is 3. The third-order valence-corrected chi connectivity index (χ3v) is 4.35. The van der Waals surface area contributed by atoms with Gasteiger partial charge in [0.15, 0.2) is 0 Å². The molecule has 0 saturated heterocycles. The van der Waals surface area contributed by atoms with Crippen LogP contribution in [0, 0.1) is 0 Å². The third kappa shape index (κ3) is 12.1. The summed E-state index contributed by atoms with van der Waals surface area (Å²) in [6, 6.07) is 7.95. The molecule has 2 unspecified atom stereocenters. The van der Waals surface area contributed by atoms with Crippen molar-refractivity contribution in [1.82, 2.24) is 16.0 Å². The van der Waals surface area contributed by atoms with Crippen molar-refractivity contribution in [1.29, 1.82) is 0 Å². The molecule has 0 aliphatic heterocycles. The molecule has 2 atom stereocenters. The van der Waals surface area contributed by atoms with Crippen molar-refractivity contribution >= 4 is 17.9 Å². The molecule has 30 heavy (non-hydrogen) atoms. The number of benzene rings is 1. The molecule has 0 amide bonds. The van der Waals surface area contributed by atoms with E-state index in [1.165, 1.54) is 0 Å². The quantitative estimate of drug-likeness (QED) is 0.147. The fraction of sp³-hybridized carbons (Fsp3) is 0.550. The highest BCUT2D eigenvalue weighted by molar-refractivity contribution is 5.75. The highest BCUT2D eigenvalue weighted by Gasteiger charge is 2.20. The van der Waals surface area contributed by atoms with Gasteiger partial charge in [0.1, 0.15) is 12.1 Å². The van der Waals surface area contributed by atoms with Gasteiger partial charge in [0, 0.05) is 13.1 Å². The summed E-state index contributed by atoms with van der Waals surface area (Å²) >= 11 is 0. The minimum Gasteiger partial charge on any atom is -0.481 e. The topological polar surface area (TPSA) is 157 Å². The van der Waals surface area contributed by atoms with E-state index in [9.17, 15) is 19.5 Å². The lowest BCUT2D eigenvalue weighted by Crippen LogP contribution is -2.47. The van der Waals surface area contributed by atoms with E-state index in [-0.39, 0.29) is 19.5 Å². The summed E-state index contributed by atoms with van der Waals surface area (Å²) in [7, 11) is 0. The Bertz CT molecular complexity index is 643. The molecule has 0 bridgehead atoms. The summed E-state index contributed by atoms with van der Waals surface area (Å²) < 4.78 is 5.50. The van der Waals surface area contributed by atoms with Gasteiger partial charge in [-0.25, -0.2) is 0 Å². The molecule has 0 aromatic heterocycles. The van der Waals surface area contributed by atoms with Crippen LogP contribution in [0.3, 0.4) is 0 Å². The molecule has 10 heteroatoms. The molecule has 0 saturated carbocycles. The van der Waals surface area contributed by atoms with Crippen LogP contribution in [0.1, 0.15) is 37.7 Å². The zero-order valence-corrected chi connectivity index (χ0v) is 16.9. The maximum absolute atomic E-state index is 11.3. The lowest BCUT2D eigenvalue weighted by molar-refractivity contribution is -0.141. The molecule has 0 spiro atoms. The van der Waals surface area contributed by atoms with Crippen LogP contribution in [0.4, 0.5) is 0 Å². The van der Waals surface area contributed by atoms with Crippen LogP contribution in [0.15, 0.2) is 30.3 Å². The number of hydrogen-bond donors (Lipinski definition) is 6. The predicted octanol–water partition coefficient (Wildman–Crippen LogP) is 0.829. The summed E-state index contributed by atoms with van der Waals surface area (Å²) in [5.74, 6) is -3.28. The molecule has 10 nitrogen and oxygen atoms in total. The summed E-state index contributed by atoms with van der Waals surface area (Å²) in [4.78, 5) is 33.0. The molecule has 0 heterocycles. The van der Waals surface area contributed by atoms with Crippen LogP contribution >= 0.6 is 0 Å². The van der Waals surface area contributed by atoms with Gasteiger partial charge >= 0.3 is 17.9 Å². The number of aliphatic carboxylic acids is 3. The largest absolute Gasteiger partial charge is 0.481 e. The highest BCUT2D eigenvalue weighted by Crippen LogP contribution is 2.02. The summed E-state index contributed by atoms with van der Waals surface area (Å²) in [6.45, 7) is 1.58. The zero-order valence-electron chi connectivity index (χ0n) is 16.9. The summed E-state index contributed by atoms with van der Waals surface area (Å²) in [6.07, 6.45) is 1.45. The first-order valence-corrected chi connectivity index (χ1v) is 9.86. The Balaban J connectivity index is 2.14. The number of unbranched alkanes of at least 4 members (excludes halogenated alkanes) is 1.